The molecule has 0 aliphatic carbocycles. The average molecular weight is 258 g/mol. The van der Waals surface area contributed by atoms with E-state index in [1.54, 1.807) is 0 Å². The van der Waals surface area contributed by atoms with Crippen molar-refractivity contribution in [1.82, 2.24) is 9.97 Å². The van der Waals surface area contributed by atoms with Gasteiger partial charge in [-0.15, -0.1) is 0 Å². The van der Waals surface area contributed by atoms with Crippen LogP contribution in [0.4, 0.5) is 17.3 Å². The van der Waals surface area contributed by atoms with Crippen LogP contribution in [0.15, 0.2) is 24.5 Å². The molecule has 0 saturated heterocycles. The smallest absolute Gasteiger partial charge is 0.231 e. The van der Waals surface area contributed by atoms with Crippen molar-refractivity contribution in [2.45, 2.75) is 13.3 Å². The van der Waals surface area contributed by atoms with Gasteiger partial charge in [0.05, 0.1) is 0 Å². The Morgan fingerprint density at radius 1 is 1.26 bits per heavy atom. The Kier molecular flexibility index (Phi) is 2.83. The summed E-state index contributed by atoms with van der Waals surface area (Å²) >= 11 is 0. The predicted octanol–water partition coefficient (Wildman–Crippen LogP) is 2.09. The Bertz CT molecular complexity index is 616. The maximum Gasteiger partial charge on any atom is 0.231 e. The molecule has 0 saturated carbocycles. The molecule has 0 atom stereocenters. The Morgan fingerprint density at radius 2 is 2.11 bits per heavy atom. The molecule has 3 rings (SSSR count). The number of rotatable bonds is 3. The number of nitrogens with one attached hydrogen (secondary N) is 1. The van der Waals surface area contributed by atoms with E-state index in [0.29, 0.717) is 11.6 Å². The van der Waals surface area contributed by atoms with E-state index in [4.69, 9.17) is 15.2 Å². The number of nitrogens with two attached hydrogens (primary N) is 1. The van der Waals surface area contributed by atoms with Crippen molar-refractivity contribution in [3.05, 3.63) is 30.1 Å². The Morgan fingerprint density at radius 3 is 2.95 bits per heavy atom. The number of nitrogen functional groups attached to an aromatic ring is 1. The van der Waals surface area contributed by atoms with Crippen LogP contribution in [-0.4, -0.2) is 16.8 Å². The van der Waals surface area contributed by atoms with Crippen LogP contribution in [0.3, 0.4) is 0 Å². The zero-order valence-electron chi connectivity index (χ0n) is 10.5. The fourth-order valence-corrected chi connectivity index (χ4v) is 1.99. The molecule has 19 heavy (non-hydrogen) atoms. The second-order valence-electron chi connectivity index (χ2n) is 4.13. The van der Waals surface area contributed by atoms with E-state index in [2.05, 4.69) is 15.3 Å². The second-order valence-corrected chi connectivity index (χ2v) is 4.13. The van der Waals surface area contributed by atoms with Crippen LogP contribution in [0.1, 0.15) is 12.5 Å². The minimum Gasteiger partial charge on any atom is -0.454 e. The van der Waals surface area contributed by atoms with Crippen molar-refractivity contribution in [2.75, 3.05) is 17.8 Å². The van der Waals surface area contributed by atoms with Gasteiger partial charge in [0.2, 0.25) is 6.79 Å². The zero-order valence-corrected chi connectivity index (χ0v) is 10.5. The lowest BCUT2D eigenvalue weighted by Crippen LogP contribution is -2.04. The molecular formula is C13H14N4O2. The SMILES string of the molecule is CCc1c(N)ncnc1Nc1ccc2c(c1)OCO2. The van der Waals surface area contributed by atoms with E-state index in [0.717, 1.165) is 29.2 Å². The predicted molar refractivity (Wildman–Crippen MR) is 71.7 cm³/mol. The molecule has 0 amide bonds. The highest BCUT2D eigenvalue weighted by molar-refractivity contribution is 5.66. The lowest BCUT2D eigenvalue weighted by atomic mass is 10.2. The van der Waals surface area contributed by atoms with Gasteiger partial charge in [0.25, 0.3) is 0 Å². The number of hydrogen-bond acceptors (Lipinski definition) is 6. The third kappa shape index (κ3) is 2.12. The van der Waals surface area contributed by atoms with Gasteiger partial charge in [-0.1, -0.05) is 6.92 Å². The van der Waals surface area contributed by atoms with Gasteiger partial charge >= 0.3 is 0 Å². The van der Waals surface area contributed by atoms with E-state index in [9.17, 15) is 0 Å². The van der Waals surface area contributed by atoms with Crippen molar-refractivity contribution in [1.29, 1.82) is 0 Å². The van der Waals surface area contributed by atoms with Crippen LogP contribution in [0.2, 0.25) is 0 Å². The summed E-state index contributed by atoms with van der Waals surface area (Å²) in [6, 6.07) is 5.64. The minimum absolute atomic E-state index is 0.263. The van der Waals surface area contributed by atoms with E-state index in [1.165, 1.54) is 6.33 Å². The van der Waals surface area contributed by atoms with E-state index < -0.39 is 0 Å². The van der Waals surface area contributed by atoms with Gasteiger partial charge < -0.3 is 20.5 Å². The third-order valence-corrected chi connectivity index (χ3v) is 2.97. The number of fused-ring (bicyclic) bond motifs is 1. The fourth-order valence-electron chi connectivity index (χ4n) is 1.99. The Labute approximate surface area is 110 Å². The van der Waals surface area contributed by atoms with Gasteiger partial charge in [-0.25, -0.2) is 9.97 Å². The zero-order chi connectivity index (χ0) is 13.2. The molecule has 1 aliphatic heterocycles. The summed E-state index contributed by atoms with van der Waals surface area (Å²) in [7, 11) is 0. The van der Waals surface area contributed by atoms with Gasteiger partial charge in [-0.05, 0) is 18.6 Å². The molecule has 0 unspecified atom stereocenters. The minimum atomic E-state index is 0.263. The van der Waals surface area contributed by atoms with E-state index in [1.807, 2.05) is 25.1 Å². The number of anilines is 3. The standard InChI is InChI=1S/C13H14N4O2/c1-2-9-12(14)15-6-16-13(9)17-8-3-4-10-11(5-8)19-7-18-10/h3-6H,2,7H2,1H3,(H3,14,15,16,17). The second kappa shape index (κ2) is 4.64. The molecule has 1 aromatic carbocycles. The Balaban J connectivity index is 1.91. The molecule has 0 radical (unpaired) electrons. The lowest BCUT2D eigenvalue weighted by Gasteiger charge is -2.11. The first kappa shape index (κ1) is 11.6. The maximum absolute atomic E-state index is 5.84. The molecule has 2 aromatic rings. The number of aromatic nitrogens is 2. The largest absolute Gasteiger partial charge is 0.454 e. The molecule has 1 aliphatic rings. The van der Waals surface area contributed by atoms with Gasteiger partial charge in [-0.2, -0.15) is 0 Å². The van der Waals surface area contributed by atoms with Gasteiger partial charge in [0.15, 0.2) is 11.5 Å². The molecule has 0 spiro atoms. The Hall–Kier alpha value is -2.50. The maximum atomic E-state index is 5.84. The van der Waals surface area contributed by atoms with Crippen molar-refractivity contribution in [2.24, 2.45) is 0 Å². The molecule has 6 nitrogen and oxygen atoms in total. The highest BCUT2D eigenvalue weighted by atomic mass is 16.7. The van der Waals surface area contributed by atoms with Crippen molar-refractivity contribution in [3.63, 3.8) is 0 Å². The number of benzene rings is 1. The summed E-state index contributed by atoms with van der Waals surface area (Å²) in [4.78, 5) is 8.22. The van der Waals surface area contributed by atoms with Crippen LogP contribution in [0, 0.1) is 0 Å². The van der Waals surface area contributed by atoms with Gasteiger partial charge in [-0.3, -0.25) is 0 Å². The molecule has 2 heterocycles. The van der Waals surface area contributed by atoms with Crippen LogP contribution in [0.25, 0.3) is 0 Å². The molecule has 6 heteroatoms. The van der Waals surface area contributed by atoms with Crippen LogP contribution in [-0.2, 0) is 6.42 Å². The summed E-state index contributed by atoms with van der Waals surface area (Å²) in [6.07, 6.45) is 2.21. The lowest BCUT2D eigenvalue weighted by molar-refractivity contribution is 0.174. The first-order valence-electron chi connectivity index (χ1n) is 6.04. The fraction of sp³-hybridized carbons (Fsp3) is 0.231. The average Bonchev–Trinajstić information content (AvgIpc) is 2.86. The first-order valence-corrected chi connectivity index (χ1v) is 6.04. The van der Waals surface area contributed by atoms with Crippen molar-refractivity contribution < 1.29 is 9.47 Å². The summed E-state index contributed by atoms with van der Waals surface area (Å²) in [5.41, 5.74) is 7.62. The first-order chi connectivity index (χ1) is 9.28. The quantitative estimate of drug-likeness (QED) is 0.877. The highest BCUT2D eigenvalue weighted by Crippen LogP contribution is 2.35. The number of ether oxygens (including phenoxy) is 2. The van der Waals surface area contributed by atoms with Crippen LogP contribution < -0.4 is 20.5 Å². The molecule has 0 bridgehead atoms. The van der Waals surface area contributed by atoms with Crippen molar-refractivity contribution in [3.8, 4) is 11.5 Å². The number of nitrogens with zero attached hydrogens (tertiary/aromatic N) is 2. The third-order valence-electron chi connectivity index (χ3n) is 2.97. The van der Waals surface area contributed by atoms with E-state index >= 15 is 0 Å². The van der Waals surface area contributed by atoms with Gasteiger partial charge in [0, 0.05) is 17.3 Å². The van der Waals surface area contributed by atoms with E-state index in [-0.39, 0.29) is 6.79 Å². The summed E-state index contributed by atoms with van der Waals surface area (Å²) in [5.74, 6) is 2.70. The van der Waals surface area contributed by atoms with Gasteiger partial charge in [0.1, 0.15) is 18.0 Å². The molecule has 98 valence electrons. The normalized spacial score (nSPS) is 12.5. The molecule has 3 N–H and O–H groups in total. The highest BCUT2D eigenvalue weighted by Gasteiger charge is 2.14. The summed E-state index contributed by atoms with van der Waals surface area (Å²) in [5, 5.41) is 3.23. The summed E-state index contributed by atoms with van der Waals surface area (Å²) in [6.45, 7) is 2.28. The molecular weight excluding hydrogens is 244 g/mol. The van der Waals surface area contributed by atoms with Crippen LogP contribution in [0.5, 0.6) is 11.5 Å². The molecule has 0 fully saturated rings. The monoisotopic (exact) mass is 258 g/mol. The molecule has 1 aromatic heterocycles. The number of hydrogen-bond donors (Lipinski definition) is 2. The van der Waals surface area contributed by atoms with Crippen molar-refractivity contribution >= 4 is 17.3 Å². The van der Waals surface area contributed by atoms with Crippen LogP contribution >= 0.6 is 0 Å². The summed E-state index contributed by atoms with van der Waals surface area (Å²) < 4.78 is 10.6. The topological polar surface area (TPSA) is 82.3 Å².